The maximum absolute atomic E-state index is 12.4. The van der Waals surface area contributed by atoms with Crippen LogP contribution in [0.3, 0.4) is 0 Å². The zero-order valence-corrected chi connectivity index (χ0v) is 14.3. The number of ether oxygens (including phenoxy) is 1. The second-order valence-corrected chi connectivity index (χ2v) is 7.86. The number of benzene rings is 1. The van der Waals surface area contributed by atoms with Gasteiger partial charge in [-0.05, 0) is 50.3 Å². The maximum atomic E-state index is 12.4. The number of hydrogen-bond donors (Lipinski definition) is 2. The van der Waals surface area contributed by atoms with Gasteiger partial charge in [-0.1, -0.05) is 15.9 Å². The summed E-state index contributed by atoms with van der Waals surface area (Å²) in [6.07, 6.45) is 1.94. The molecule has 0 heterocycles. The van der Waals surface area contributed by atoms with Crippen molar-refractivity contribution < 1.29 is 18.3 Å². The van der Waals surface area contributed by atoms with Crippen molar-refractivity contribution in [3.05, 3.63) is 22.7 Å². The van der Waals surface area contributed by atoms with Gasteiger partial charge in [-0.15, -0.1) is 0 Å². The minimum absolute atomic E-state index is 0.136. The van der Waals surface area contributed by atoms with Crippen molar-refractivity contribution in [3.63, 3.8) is 0 Å². The highest BCUT2D eigenvalue weighted by Gasteiger charge is 2.26. The molecule has 1 aliphatic rings. The van der Waals surface area contributed by atoms with Gasteiger partial charge in [-0.25, -0.2) is 13.1 Å². The minimum Gasteiger partial charge on any atom is -0.492 e. The summed E-state index contributed by atoms with van der Waals surface area (Å²) in [5, 5.41) is 9.49. The van der Waals surface area contributed by atoms with E-state index in [-0.39, 0.29) is 16.9 Å². The van der Waals surface area contributed by atoms with E-state index >= 15 is 0 Å². The summed E-state index contributed by atoms with van der Waals surface area (Å²) in [6, 6.07) is 4.93. The number of aliphatic hydroxyl groups excluding tert-OH is 1. The predicted octanol–water partition coefficient (Wildman–Crippen LogP) is 2.29. The molecule has 2 atom stereocenters. The van der Waals surface area contributed by atoms with Crippen LogP contribution in [0, 0.1) is 5.92 Å². The average Bonchev–Trinajstić information content (AvgIpc) is 2.85. The molecule has 0 saturated heterocycles. The molecule has 0 bridgehead atoms. The molecule has 2 unspecified atom stereocenters. The van der Waals surface area contributed by atoms with Crippen molar-refractivity contribution in [2.75, 3.05) is 13.2 Å². The number of halogens is 1. The second-order valence-electron chi connectivity index (χ2n) is 5.21. The van der Waals surface area contributed by atoms with E-state index in [1.54, 1.807) is 12.1 Å². The first-order valence-electron chi connectivity index (χ1n) is 7.02. The summed E-state index contributed by atoms with van der Waals surface area (Å²) >= 11 is 3.28. The lowest BCUT2D eigenvalue weighted by molar-refractivity contribution is 0.178. The fraction of sp³-hybridized carbons (Fsp3) is 0.571. The first kappa shape index (κ1) is 16.7. The van der Waals surface area contributed by atoms with E-state index in [4.69, 9.17) is 4.74 Å². The normalized spacial score (nSPS) is 22.4. The molecule has 1 fully saturated rings. The van der Waals surface area contributed by atoms with Crippen LogP contribution in [0.15, 0.2) is 27.6 Å². The van der Waals surface area contributed by atoms with Crippen LogP contribution in [0.2, 0.25) is 0 Å². The molecule has 0 aromatic heterocycles. The summed E-state index contributed by atoms with van der Waals surface area (Å²) in [6.45, 7) is 2.56. The molecule has 7 heteroatoms. The lowest BCUT2D eigenvalue weighted by Gasteiger charge is -2.14. The van der Waals surface area contributed by atoms with Gasteiger partial charge in [-0.3, -0.25) is 0 Å². The zero-order valence-electron chi connectivity index (χ0n) is 11.9. The number of sulfonamides is 1. The molecule has 0 spiro atoms. The number of rotatable bonds is 6. The predicted molar refractivity (Wildman–Crippen MR) is 83.8 cm³/mol. The molecule has 1 aromatic carbocycles. The van der Waals surface area contributed by atoms with Gasteiger partial charge in [0.2, 0.25) is 10.0 Å². The maximum Gasteiger partial charge on any atom is 0.244 e. The largest absolute Gasteiger partial charge is 0.492 e. The van der Waals surface area contributed by atoms with E-state index in [1.165, 1.54) is 6.07 Å². The molecule has 1 saturated carbocycles. The van der Waals surface area contributed by atoms with Crippen LogP contribution >= 0.6 is 15.9 Å². The zero-order chi connectivity index (χ0) is 15.5. The van der Waals surface area contributed by atoms with E-state index < -0.39 is 10.0 Å². The van der Waals surface area contributed by atoms with Crippen LogP contribution in [-0.2, 0) is 10.0 Å². The Bertz CT molecular complexity index is 591. The molecular weight excluding hydrogens is 358 g/mol. The van der Waals surface area contributed by atoms with Gasteiger partial charge in [0, 0.05) is 11.0 Å². The Morgan fingerprint density at radius 3 is 2.81 bits per heavy atom. The number of nitrogens with one attached hydrogen (secondary N) is 1. The summed E-state index contributed by atoms with van der Waals surface area (Å²) in [5.74, 6) is 0.539. The van der Waals surface area contributed by atoms with Crippen molar-refractivity contribution in [2.45, 2.75) is 37.2 Å². The van der Waals surface area contributed by atoms with E-state index in [0.29, 0.717) is 29.8 Å². The Balaban J connectivity index is 2.13. The Morgan fingerprint density at radius 2 is 2.19 bits per heavy atom. The standard InChI is InChI=1S/C14H20BrNO4S/c1-2-20-13-6-4-11(15)8-14(13)21(18,19)16-9-10-3-5-12(17)7-10/h4,6,8,10,12,16-17H,2-3,5,7,9H2,1H3. The van der Waals surface area contributed by atoms with Gasteiger partial charge in [-0.2, -0.15) is 0 Å². The fourth-order valence-electron chi connectivity index (χ4n) is 2.51. The summed E-state index contributed by atoms with van der Waals surface area (Å²) in [4.78, 5) is 0.136. The topological polar surface area (TPSA) is 75.6 Å². The van der Waals surface area contributed by atoms with Gasteiger partial charge in [0.05, 0.1) is 12.7 Å². The van der Waals surface area contributed by atoms with Crippen molar-refractivity contribution >= 4 is 26.0 Å². The quantitative estimate of drug-likeness (QED) is 0.797. The van der Waals surface area contributed by atoms with Crippen molar-refractivity contribution in [3.8, 4) is 5.75 Å². The third-order valence-corrected chi connectivity index (χ3v) is 5.51. The van der Waals surface area contributed by atoms with Crippen LogP contribution < -0.4 is 9.46 Å². The average molecular weight is 378 g/mol. The molecule has 5 nitrogen and oxygen atoms in total. The second kappa shape index (κ2) is 7.09. The lowest BCUT2D eigenvalue weighted by atomic mass is 10.1. The molecular formula is C14H20BrNO4S. The van der Waals surface area contributed by atoms with E-state index in [1.807, 2.05) is 6.92 Å². The summed E-state index contributed by atoms with van der Waals surface area (Å²) < 4.78 is 33.6. The molecule has 0 amide bonds. The highest BCUT2D eigenvalue weighted by molar-refractivity contribution is 9.10. The molecule has 0 radical (unpaired) electrons. The smallest absolute Gasteiger partial charge is 0.244 e. The van der Waals surface area contributed by atoms with Gasteiger partial charge in [0.25, 0.3) is 0 Å². The first-order valence-corrected chi connectivity index (χ1v) is 9.30. The molecule has 0 aliphatic heterocycles. The highest BCUT2D eigenvalue weighted by Crippen LogP contribution is 2.29. The molecule has 21 heavy (non-hydrogen) atoms. The monoisotopic (exact) mass is 377 g/mol. The van der Waals surface area contributed by atoms with E-state index in [2.05, 4.69) is 20.7 Å². The molecule has 2 rings (SSSR count). The Kier molecular flexibility index (Phi) is 5.65. The number of aliphatic hydroxyl groups is 1. The van der Waals surface area contributed by atoms with Gasteiger partial charge >= 0.3 is 0 Å². The van der Waals surface area contributed by atoms with Gasteiger partial charge in [0.15, 0.2) is 0 Å². The van der Waals surface area contributed by atoms with Crippen LogP contribution in [0.5, 0.6) is 5.75 Å². The number of hydrogen-bond acceptors (Lipinski definition) is 4. The lowest BCUT2D eigenvalue weighted by Crippen LogP contribution is -2.29. The first-order chi connectivity index (χ1) is 9.92. The van der Waals surface area contributed by atoms with Crippen LogP contribution in [0.25, 0.3) is 0 Å². The van der Waals surface area contributed by atoms with Crippen LogP contribution in [-0.4, -0.2) is 32.8 Å². The Morgan fingerprint density at radius 1 is 1.43 bits per heavy atom. The van der Waals surface area contributed by atoms with Crippen LogP contribution in [0.1, 0.15) is 26.2 Å². The van der Waals surface area contributed by atoms with Crippen molar-refractivity contribution in [1.29, 1.82) is 0 Å². The SMILES string of the molecule is CCOc1ccc(Br)cc1S(=O)(=O)NCC1CCC(O)C1. The summed E-state index contributed by atoms with van der Waals surface area (Å²) in [7, 11) is -3.63. The van der Waals surface area contributed by atoms with E-state index in [9.17, 15) is 13.5 Å². The van der Waals surface area contributed by atoms with Crippen molar-refractivity contribution in [1.82, 2.24) is 4.72 Å². The molecule has 2 N–H and O–H groups in total. The van der Waals surface area contributed by atoms with Crippen molar-refractivity contribution in [2.24, 2.45) is 5.92 Å². The molecule has 118 valence electrons. The van der Waals surface area contributed by atoms with E-state index in [0.717, 1.165) is 12.8 Å². The van der Waals surface area contributed by atoms with Gasteiger partial charge < -0.3 is 9.84 Å². The van der Waals surface area contributed by atoms with Gasteiger partial charge in [0.1, 0.15) is 10.6 Å². The Hall–Kier alpha value is -0.630. The molecule has 1 aliphatic carbocycles. The third-order valence-electron chi connectivity index (χ3n) is 3.57. The molecule has 1 aromatic rings. The fourth-order valence-corrected chi connectivity index (χ4v) is 4.30. The summed E-state index contributed by atoms with van der Waals surface area (Å²) in [5.41, 5.74) is 0. The van der Waals surface area contributed by atoms with Crippen LogP contribution in [0.4, 0.5) is 0 Å². The third kappa shape index (κ3) is 4.42. The Labute approximate surface area is 133 Å². The minimum atomic E-state index is -3.63. The highest BCUT2D eigenvalue weighted by atomic mass is 79.9.